The molecule has 3 fully saturated rings. The predicted molar refractivity (Wildman–Crippen MR) is 134 cm³/mol. The van der Waals surface area contributed by atoms with Crippen molar-refractivity contribution in [3.8, 4) is 0 Å². The number of thioether (sulfide) groups is 1. The summed E-state index contributed by atoms with van der Waals surface area (Å²) in [6.07, 6.45) is 4.70. The lowest BCUT2D eigenvalue weighted by Crippen LogP contribution is -2.53. The molecule has 0 saturated carbocycles. The molecule has 0 radical (unpaired) electrons. The molecule has 194 valence electrons. The van der Waals surface area contributed by atoms with Gasteiger partial charge in [-0.05, 0) is 44.7 Å². The number of fused-ring (bicyclic) bond motifs is 2. The van der Waals surface area contributed by atoms with Crippen molar-refractivity contribution < 1.29 is 24.2 Å². The van der Waals surface area contributed by atoms with Gasteiger partial charge in [0.2, 0.25) is 11.8 Å². The van der Waals surface area contributed by atoms with Crippen LogP contribution in [0, 0.1) is 11.8 Å². The van der Waals surface area contributed by atoms with E-state index in [1.807, 2.05) is 24.3 Å². The van der Waals surface area contributed by atoms with Crippen molar-refractivity contribution in [2.75, 3.05) is 19.8 Å². The maximum Gasteiger partial charge on any atom is 0.310 e. The van der Waals surface area contributed by atoms with Crippen molar-refractivity contribution in [1.29, 1.82) is 0 Å². The van der Waals surface area contributed by atoms with E-state index in [0.29, 0.717) is 6.54 Å². The van der Waals surface area contributed by atoms with E-state index >= 15 is 0 Å². The van der Waals surface area contributed by atoms with Crippen LogP contribution in [-0.2, 0) is 25.8 Å². The maximum atomic E-state index is 13.8. The minimum Gasteiger partial charge on any atom is -0.466 e. The molecule has 3 aliphatic rings. The Morgan fingerprint density at radius 2 is 2.06 bits per heavy atom. The van der Waals surface area contributed by atoms with Gasteiger partial charge in [-0.25, -0.2) is 4.68 Å². The van der Waals surface area contributed by atoms with Gasteiger partial charge in [-0.3, -0.25) is 14.4 Å². The molecular formula is C25H33N5O5S. The van der Waals surface area contributed by atoms with Crippen LogP contribution < -0.4 is 5.32 Å². The van der Waals surface area contributed by atoms with Crippen LogP contribution in [0.5, 0.6) is 0 Å². The van der Waals surface area contributed by atoms with Gasteiger partial charge in [0.05, 0.1) is 28.7 Å². The molecule has 1 spiro atoms. The highest BCUT2D eigenvalue weighted by atomic mass is 32.2. The Morgan fingerprint density at radius 1 is 1.25 bits per heavy atom. The van der Waals surface area contributed by atoms with E-state index in [0.717, 1.165) is 49.6 Å². The predicted octanol–water partition coefficient (Wildman–Crippen LogP) is 1.71. The van der Waals surface area contributed by atoms with Crippen LogP contribution in [-0.4, -0.2) is 78.6 Å². The summed E-state index contributed by atoms with van der Waals surface area (Å²) in [4.78, 5) is 42.2. The van der Waals surface area contributed by atoms with E-state index in [1.165, 1.54) is 0 Å². The topological polar surface area (TPSA) is 127 Å². The molecule has 3 aliphatic heterocycles. The first-order chi connectivity index (χ1) is 17.5. The number of ether oxygens (including phenoxy) is 1. The van der Waals surface area contributed by atoms with E-state index in [2.05, 4.69) is 15.6 Å². The Kier molecular flexibility index (Phi) is 7.21. The molecule has 2 N–H and O–H groups in total. The lowest BCUT2D eigenvalue weighted by Gasteiger charge is -2.34. The number of carbonyl (C=O) groups is 3. The highest BCUT2D eigenvalue weighted by Crippen LogP contribution is 2.66. The van der Waals surface area contributed by atoms with E-state index in [9.17, 15) is 14.4 Å². The van der Waals surface area contributed by atoms with Gasteiger partial charge in [0.15, 0.2) is 0 Å². The maximum absolute atomic E-state index is 13.8. The number of aromatic nitrogens is 3. The summed E-state index contributed by atoms with van der Waals surface area (Å²) < 4.78 is 6.37. The van der Waals surface area contributed by atoms with Crippen LogP contribution in [0.3, 0.4) is 0 Å². The molecule has 0 aliphatic carbocycles. The number of nitrogens with zero attached hydrogens (tertiary/aromatic N) is 4. The number of hydrogen-bond acceptors (Lipinski definition) is 8. The first-order valence-corrected chi connectivity index (χ1v) is 13.7. The minimum absolute atomic E-state index is 0.000682. The van der Waals surface area contributed by atoms with Crippen molar-refractivity contribution in [1.82, 2.24) is 25.2 Å². The van der Waals surface area contributed by atoms with Crippen LogP contribution in [0.1, 0.15) is 45.4 Å². The zero-order valence-corrected chi connectivity index (χ0v) is 21.3. The number of rotatable bonds is 11. The average molecular weight is 516 g/mol. The van der Waals surface area contributed by atoms with Crippen LogP contribution in [0.25, 0.3) is 11.0 Å². The molecule has 5 atom stereocenters. The Bertz CT molecular complexity index is 1140. The zero-order chi connectivity index (χ0) is 25.3. The van der Waals surface area contributed by atoms with Gasteiger partial charge in [-0.15, -0.1) is 16.9 Å². The van der Waals surface area contributed by atoms with Crippen LogP contribution in [0.2, 0.25) is 0 Å². The summed E-state index contributed by atoms with van der Waals surface area (Å²) >= 11 is 1.64. The number of likely N-dealkylation sites (tertiary alicyclic amines) is 1. The van der Waals surface area contributed by atoms with Crippen molar-refractivity contribution in [2.24, 2.45) is 11.8 Å². The van der Waals surface area contributed by atoms with Gasteiger partial charge in [-0.1, -0.05) is 30.2 Å². The largest absolute Gasteiger partial charge is 0.466 e. The number of para-hydroxylation sites is 1. The third-order valence-electron chi connectivity index (χ3n) is 7.74. The quantitative estimate of drug-likeness (QED) is 0.342. The van der Waals surface area contributed by atoms with Gasteiger partial charge in [-0.2, -0.15) is 0 Å². The SMILES string of the molecule is CCOC(=O)[C@@H]1[C@H]2C(=O)N(CCCCCCO)C(C(=O)NCn3nnc4ccccc43)C23CC[C@H]1S3. The Morgan fingerprint density at radius 3 is 2.86 bits per heavy atom. The van der Waals surface area contributed by atoms with Crippen molar-refractivity contribution >= 4 is 40.6 Å². The molecule has 2 aromatic rings. The van der Waals surface area contributed by atoms with E-state index in [4.69, 9.17) is 9.84 Å². The molecule has 11 heteroatoms. The molecule has 36 heavy (non-hydrogen) atoms. The number of hydrogen-bond donors (Lipinski definition) is 2. The average Bonchev–Trinajstić information content (AvgIpc) is 3.62. The first kappa shape index (κ1) is 25.0. The number of benzene rings is 1. The molecule has 2 amide bonds. The van der Waals surface area contributed by atoms with Crippen molar-refractivity contribution in [2.45, 2.75) is 68.2 Å². The van der Waals surface area contributed by atoms with Crippen molar-refractivity contribution in [3.63, 3.8) is 0 Å². The second-order valence-corrected chi connectivity index (χ2v) is 11.4. The van der Waals surface area contributed by atoms with Gasteiger partial charge in [0.1, 0.15) is 18.2 Å². The number of nitrogens with one attached hydrogen (secondary N) is 1. The summed E-state index contributed by atoms with van der Waals surface area (Å²) in [5.41, 5.74) is 1.56. The van der Waals surface area contributed by atoms with Gasteiger partial charge in [0, 0.05) is 18.4 Å². The van der Waals surface area contributed by atoms with Gasteiger partial charge >= 0.3 is 5.97 Å². The summed E-state index contributed by atoms with van der Waals surface area (Å²) in [5, 5.41) is 20.4. The molecule has 10 nitrogen and oxygen atoms in total. The number of unbranched alkanes of at least 4 members (excludes halogenated alkanes) is 3. The van der Waals surface area contributed by atoms with Crippen LogP contribution in [0.4, 0.5) is 0 Å². The molecule has 5 rings (SSSR count). The normalized spacial score (nSPS) is 28.6. The summed E-state index contributed by atoms with van der Waals surface area (Å²) in [7, 11) is 0. The lowest BCUT2D eigenvalue weighted by atomic mass is 9.71. The number of aliphatic hydroxyl groups is 1. The summed E-state index contributed by atoms with van der Waals surface area (Å²) in [6.45, 7) is 2.78. The third-order valence-corrected chi connectivity index (χ3v) is 9.69. The number of esters is 1. The van der Waals surface area contributed by atoms with E-state index in [-0.39, 0.29) is 42.9 Å². The second kappa shape index (κ2) is 10.4. The summed E-state index contributed by atoms with van der Waals surface area (Å²) in [6, 6.07) is 6.88. The fraction of sp³-hybridized carbons (Fsp3) is 0.640. The molecule has 1 aromatic carbocycles. The van der Waals surface area contributed by atoms with E-state index in [1.54, 1.807) is 28.3 Å². The molecule has 3 saturated heterocycles. The molecule has 2 bridgehead atoms. The fourth-order valence-corrected chi connectivity index (χ4v) is 8.44. The smallest absolute Gasteiger partial charge is 0.310 e. The number of aliphatic hydroxyl groups excluding tert-OH is 1. The Hall–Kier alpha value is -2.66. The van der Waals surface area contributed by atoms with Crippen LogP contribution in [0.15, 0.2) is 24.3 Å². The minimum atomic E-state index is -0.656. The van der Waals surface area contributed by atoms with Gasteiger partial charge in [0.25, 0.3) is 0 Å². The fourth-order valence-electron chi connectivity index (χ4n) is 6.23. The Labute approximate surface area is 214 Å². The molecule has 4 heterocycles. The highest BCUT2D eigenvalue weighted by Gasteiger charge is 2.73. The third kappa shape index (κ3) is 4.15. The number of carbonyl (C=O) groups excluding carboxylic acids is 3. The highest BCUT2D eigenvalue weighted by molar-refractivity contribution is 8.02. The molecule has 1 aromatic heterocycles. The standard InChI is InChI=1S/C25H33N5O5S/c1-2-35-24(34)19-18-11-12-25(36-18)20(19)23(33)29(13-7-3-4-8-14-31)21(25)22(32)26-15-30-17-10-6-5-9-16(17)27-28-30/h5-6,9-10,18-21,31H,2-4,7-8,11-15H2,1H3,(H,26,32)/t18-,19+,20+,21?,25?/m1/s1. The first-order valence-electron chi connectivity index (χ1n) is 12.8. The summed E-state index contributed by atoms with van der Waals surface area (Å²) in [5.74, 6) is -1.71. The number of amides is 2. The second-order valence-electron chi connectivity index (χ2n) is 9.75. The monoisotopic (exact) mass is 515 g/mol. The lowest BCUT2D eigenvalue weighted by molar-refractivity contribution is -0.153. The zero-order valence-electron chi connectivity index (χ0n) is 20.5. The molecule has 2 unspecified atom stereocenters. The van der Waals surface area contributed by atoms with Gasteiger partial charge < -0.3 is 20.1 Å². The molecular weight excluding hydrogens is 482 g/mol. The van der Waals surface area contributed by atoms with Crippen LogP contribution >= 0.6 is 11.8 Å². The van der Waals surface area contributed by atoms with Crippen molar-refractivity contribution in [3.05, 3.63) is 24.3 Å². The Balaban J connectivity index is 1.38. The van der Waals surface area contributed by atoms with E-state index < -0.39 is 22.6 Å².